The smallest absolute Gasteiger partial charge is 0.410 e. The number of hydrogen-bond acceptors (Lipinski definition) is 3. The lowest BCUT2D eigenvalue weighted by Crippen LogP contribution is -2.43. The van der Waals surface area contributed by atoms with Crippen LogP contribution in [0, 0.1) is 11.8 Å². The van der Waals surface area contributed by atoms with Crippen LogP contribution in [0.1, 0.15) is 60.3 Å². The molecule has 1 saturated heterocycles. The highest BCUT2D eigenvalue weighted by Crippen LogP contribution is 2.21. The van der Waals surface area contributed by atoms with Crippen molar-refractivity contribution in [2.75, 3.05) is 26.2 Å². The summed E-state index contributed by atoms with van der Waals surface area (Å²) in [5.74, 6) is 1.65. The van der Waals surface area contributed by atoms with Gasteiger partial charge >= 0.3 is 6.09 Å². The van der Waals surface area contributed by atoms with Crippen LogP contribution in [0.15, 0.2) is 4.99 Å². The SMILES string of the molecule is CC(C)CCNC(N)=NCCC1CCCN(C(=O)OC(C)(C)C)C1. The van der Waals surface area contributed by atoms with E-state index in [1.807, 2.05) is 25.7 Å². The predicted molar refractivity (Wildman–Crippen MR) is 99.1 cm³/mol. The van der Waals surface area contributed by atoms with Crippen molar-refractivity contribution >= 4 is 12.1 Å². The number of likely N-dealkylation sites (tertiary alicyclic amines) is 1. The summed E-state index contributed by atoms with van der Waals surface area (Å²) in [5, 5.41) is 3.15. The molecule has 1 atom stereocenters. The number of nitrogens with zero attached hydrogens (tertiary/aromatic N) is 2. The Morgan fingerprint density at radius 1 is 1.42 bits per heavy atom. The minimum absolute atomic E-state index is 0.203. The van der Waals surface area contributed by atoms with Gasteiger partial charge in [0.1, 0.15) is 5.60 Å². The zero-order valence-electron chi connectivity index (χ0n) is 16.1. The van der Waals surface area contributed by atoms with Crippen LogP contribution in [-0.2, 0) is 4.74 Å². The van der Waals surface area contributed by atoms with E-state index >= 15 is 0 Å². The Kier molecular flexibility index (Phi) is 8.36. The van der Waals surface area contributed by atoms with E-state index in [4.69, 9.17) is 10.5 Å². The van der Waals surface area contributed by atoms with Crippen LogP contribution in [0.5, 0.6) is 0 Å². The van der Waals surface area contributed by atoms with Gasteiger partial charge in [-0.15, -0.1) is 0 Å². The first kappa shape index (κ1) is 20.6. The van der Waals surface area contributed by atoms with E-state index < -0.39 is 5.60 Å². The van der Waals surface area contributed by atoms with Crippen molar-refractivity contribution in [3.63, 3.8) is 0 Å². The van der Waals surface area contributed by atoms with E-state index in [9.17, 15) is 4.79 Å². The molecule has 1 rings (SSSR count). The Morgan fingerprint density at radius 3 is 2.75 bits per heavy atom. The first-order chi connectivity index (χ1) is 11.2. The van der Waals surface area contributed by atoms with Gasteiger partial charge in [-0.05, 0) is 58.3 Å². The maximum absolute atomic E-state index is 12.2. The molecule has 1 fully saturated rings. The molecule has 6 heteroatoms. The van der Waals surface area contributed by atoms with E-state index in [0.717, 1.165) is 45.3 Å². The van der Waals surface area contributed by atoms with Crippen molar-refractivity contribution in [2.24, 2.45) is 22.6 Å². The van der Waals surface area contributed by atoms with E-state index in [2.05, 4.69) is 24.2 Å². The molecule has 0 aliphatic carbocycles. The minimum atomic E-state index is -0.440. The summed E-state index contributed by atoms with van der Waals surface area (Å²) >= 11 is 0. The summed E-state index contributed by atoms with van der Waals surface area (Å²) in [5.41, 5.74) is 5.43. The molecule has 24 heavy (non-hydrogen) atoms. The second-order valence-corrected chi connectivity index (χ2v) is 8.10. The Bertz CT molecular complexity index is 416. The van der Waals surface area contributed by atoms with Crippen LogP contribution in [0.4, 0.5) is 4.79 Å². The van der Waals surface area contributed by atoms with Crippen molar-refractivity contribution in [1.82, 2.24) is 10.2 Å². The first-order valence-electron chi connectivity index (χ1n) is 9.19. The van der Waals surface area contributed by atoms with Crippen LogP contribution in [-0.4, -0.2) is 48.7 Å². The van der Waals surface area contributed by atoms with Gasteiger partial charge in [0.2, 0.25) is 0 Å². The van der Waals surface area contributed by atoms with Crippen LogP contribution in [0.25, 0.3) is 0 Å². The summed E-state index contributed by atoms with van der Waals surface area (Å²) < 4.78 is 5.46. The van der Waals surface area contributed by atoms with Gasteiger partial charge < -0.3 is 20.7 Å². The summed E-state index contributed by atoms with van der Waals surface area (Å²) in [6.45, 7) is 13.2. The third-order valence-electron chi connectivity index (χ3n) is 4.02. The van der Waals surface area contributed by atoms with Crippen molar-refractivity contribution in [3.8, 4) is 0 Å². The quantitative estimate of drug-likeness (QED) is 0.575. The third kappa shape index (κ3) is 8.99. The van der Waals surface area contributed by atoms with Gasteiger partial charge in [0.15, 0.2) is 5.96 Å². The number of amides is 1. The number of piperidine rings is 1. The number of rotatable bonds is 6. The molecule has 0 spiro atoms. The standard InChI is InChI=1S/C18H36N4O2/c1-14(2)8-10-20-16(19)21-11-9-15-7-6-12-22(13-15)17(23)24-18(3,4)5/h14-15H,6-13H2,1-5H3,(H3,19,20,21). The Labute approximate surface area is 147 Å². The third-order valence-corrected chi connectivity index (χ3v) is 4.02. The number of nitrogens with two attached hydrogens (primary N) is 1. The summed E-state index contributed by atoms with van der Waals surface area (Å²) in [6.07, 6.45) is 3.99. The zero-order valence-corrected chi connectivity index (χ0v) is 16.1. The maximum atomic E-state index is 12.2. The molecule has 1 aliphatic heterocycles. The number of carbonyl (C=O) groups is 1. The van der Waals surface area contributed by atoms with Gasteiger partial charge in [-0.1, -0.05) is 13.8 Å². The lowest BCUT2D eigenvalue weighted by molar-refractivity contribution is 0.0163. The molecule has 1 amide bonds. The van der Waals surface area contributed by atoms with Gasteiger partial charge in [0.05, 0.1) is 0 Å². The van der Waals surface area contributed by atoms with Gasteiger partial charge in [0, 0.05) is 26.2 Å². The molecular weight excluding hydrogens is 304 g/mol. The maximum Gasteiger partial charge on any atom is 0.410 e. The number of carbonyl (C=O) groups excluding carboxylic acids is 1. The Hall–Kier alpha value is -1.46. The van der Waals surface area contributed by atoms with Gasteiger partial charge in [-0.2, -0.15) is 0 Å². The minimum Gasteiger partial charge on any atom is -0.444 e. The molecule has 6 nitrogen and oxygen atoms in total. The number of guanidine groups is 1. The monoisotopic (exact) mass is 340 g/mol. The van der Waals surface area contributed by atoms with Gasteiger partial charge in [-0.3, -0.25) is 4.99 Å². The number of aliphatic imine (C=N–C) groups is 1. The predicted octanol–water partition coefficient (Wildman–Crippen LogP) is 2.97. The number of nitrogens with one attached hydrogen (secondary N) is 1. The van der Waals surface area contributed by atoms with Crippen molar-refractivity contribution in [3.05, 3.63) is 0 Å². The molecule has 0 aromatic carbocycles. The van der Waals surface area contributed by atoms with Crippen LogP contribution in [0.2, 0.25) is 0 Å². The fourth-order valence-electron chi connectivity index (χ4n) is 2.71. The van der Waals surface area contributed by atoms with Crippen molar-refractivity contribution in [1.29, 1.82) is 0 Å². The van der Waals surface area contributed by atoms with E-state index in [1.54, 1.807) is 0 Å². The normalized spacial score (nSPS) is 19.5. The summed E-state index contributed by atoms with van der Waals surface area (Å²) in [7, 11) is 0. The van der Waals surface area contributed by atoms with Crippen molar-refractivity contribution in [2.45, 2.75) is 65.9 Å². The molecule has 1 heterocycles. The lowest BCUT2D eigenvalue weighted by Gasteiger charge is -2.34. The highest BCUT2D eigenvalue weighted by molar-refractivity contribution is 5.77. The van der Waals surface area contributed by atoms with E-state index in [0.29, 0.717) is 24.3 Å². The fourth-order valence-corrected chi connectivity index (χ4v) is 2.71. The molecule has 140 valence electrons. The second kappa shape index (κ2) is 9.74. The Morgan fingerprint density at radius 2 is 2.12 bits per heavy atom. The Balaban J connectivity index is 2.31. The van der Waals surface area contributed by atoms with Gasteiger partial charge in [0.25, 0.3) is 0 Å². The molecule has 0 saturated carbocycles. The fraction of sp³-hybridized carbons (Fsp3) is 0.889. The highest BCUT2D eigenvalue weighted by Gasteiger charge is 2.27. The van der Waals surface area contributed by atoms with E-state index in [1.165, 1.54) is 0 Å². The zero-order chi connectivity index (χ0) is 18.2. The molecule has 1 aliphatic rings. The second-order valence-electron chi connectivity index (χ2n) is 8.10. The molecule has 1 unspecified atom stereocenters. The average molecular weight is 341 g/mol. The lowest BCUT2D eigenvalue weighted by atomic mass is 9.95. The highest BCUT2D eigenvalue weighted by atomic mass is 16.6. The molecule has 0 aromatic heterocycles. The van der Waals surface area contributed by atoms with Crippen LogP contribution >= 0.6 is 0 Å². The van der Waals surface area contributed by atoms with Crippen LogP contribution in [0.3, 0.4) is 0 Å². The average Bonchev–Trinajstić information content (AvgIpc) is 2.45. The molecule has 0 aromatic rings. The largest absolute Gasteiger partial charge is 0.444 e. The molecule has 0 radical (unpaired) electrons. The molecule has 3 N–H and O–H groups in total. The summed E-state index contributed by atoms with van der Waals surface area (Å²) in [4.78, 5) is 18.4. The molecule has 0 bridgehead atoms. The van der Waals surface area contributed by atoms with Gasteiger partial charge in [-0.25, -0.2) is 4.79 Å². The number of ether oxygens (including phenoxy) is 1. The topological polar surface area (TPSA) is 80.0 Å². The van der Waals surface area contributed by atoms with Crippen molar-refractivity contribution < 1.29 is 9.53 Å². The van der Waals surface area contributed by atoms with Crippen LogP contribution < -0.4 is 11.1 Å². The molecular formula is C18H36N4O2. The number of hydrogen-bond donors (Lipinski definition) is 2. The summed E-state index contributed by atoms with van der Waals surface area (Å²) in [6, 6.07) is 0. The first-order valence-corrected chi connectivity index (χ1v) is 9.19. The van der Waals surface area contributed by atoms with E-state index in [-0.39, 0.29) is 6.09 Å².